The summed E-state index contributed by atoms with van der Waals surface area (Å²) in [6, 6.07) is 3.49. The average Bonchev–Trinajstić information content (AvgIpc) is 2.34. The molecule has 6 heteroatoms. The lowest BCUT2D eigenvalue weighted by Crippen LogP contribution is -2.34. The number of alkyl halides is 1. The first kappa shape index (κ1) is 14.6. The van der Waals surface area contributed by atoms with Gasteiger partial charge < -0.3 is 10.1 Å². The van der Waals surface area contributed by atoms with Crippen molar-refractivity contribution in [3.63, 3.8) is 0 Å². The van der Waals surface area contributed by atoms with E-state index in [-0.39, 0.29) is 12.5 Å². The van der Waals surface area contributed by atoms with Crippen LogP contribution in [-0.2, 0) is 9.53 Å². The third kappa shape index (κ3) is 3.80. The van der Waals surface area contributed by atoms with E-state index in [2.05, 4.69) is 31.0 Å². The Balaban J connectivity index is 2.63. The molecule has 0 saturated carbocycles. The van der Waals surface area contributed by atoms with Gasteiger partial charge in [-0.3, -0.25) is 14.6 Å². The summed E-state index contributed by atoms with van der Waals surface area (Å²) in [5.74, 6) is -0.678. The molecule has 1 atom stereocenters. The van der Waals surface area contributed by atoms with Crippen molar-refractivity contribution in [1.29, 1.82) is 0 Å². The fraction of sp³-hybridized carbons (Fsp3) is 0.417. The topological polar surface area (TPSA) is 68.3 Å². The SMILES string of the molecule is COC(=O)C(Br)CNC(=O)c1ccc(C)nc1C. The van der Waals surface area contributed by atoms with Gasteiger partial charge in [0.25, 0.3) is 5.91 Å². The molecule has 1 heterocycles. The van der Waals surface area contributed by atoms with Gasteiger partial charge in [-0.1, -0.05) is 15.9 Å². The molecule has 0 saturated heterocycles. The van der Waals surface area contributed by atoms with Gasteiger partial charge in [-0.25, -0.2) is 0 Å². The summed E-state index contributed by atoms with van der Waals surface area (Å²) >= 11 is 3.13. The molecular formula is C12H15BrN2O3. The highest BCUT2D eigenvalue weighted by Crippen LogP contribution is 2.07. The van der Waals surface area contributed by atoms with Crippen molar-refractivity contribution >= 4 is 27.8 Å². The number of hydrogen-bond donors (Lipinski definition) is 1. The van der Waals surface area contributed by atoms with Gasteiger partial charge in [-0.2, -0.15) is 0 Å². The van der Waals surface area contributed by atoms with E-state index < -0.39 is 10.8 Å². The zero-order valence-electron chi connectivity index (χ0n) is 10.5. The highest BCUT2D eigenvalue weighted by Gasteiger charge is 2.17. The molecular weight excluding hydrogens is 300 g/mol. The predicted molar refractivity (Wildman–Crippen MR) is 70.8 cm³/mol. The quantitative estimate of drug-likeness (QED) is 0.673. The van der Waals surface area contributed by atoms with Gasteiger partial charge >= 0.3 is 5.97 Å². The number of aromatic nitrogens is 1. The van der Waals surface area contributed by atoms with E-state index in [9.17, 15) is 9.59 Å². The normalized spacial score (nSPS) is 11.8. The monoisotopic (exact) mass is 314 g/mol. The van der Waals surface area contributed by atoms with E-state index in [0.29, 0.717) is 11.3 Å². The first-order valence-electron chi connectivity index (χ1n) is 5.40. The average molecular weight is 315 g/mol. The number of carbonyl (C=O) groups is 2. The molecule has 5 nitrogen and oxygen atoms in total. The van der Waals surface area contributed by atoms with Gasteiger partial charge in [0.2, 0.25) is 0 Å². The third-order valence-corrected chi connectivity index (χ3v) is 3.07. The van der Waals surface area contributed by atoms with Crippen LogP contribution in [0.2, 0.25) is 0 Å². The van der Waals surface area contributed by atoms with Gasteiger partial charge in [-0.15, -0.1) is 0 Å². The minimum atomic E-state index is -0.551. The van der Waals surface area contributed by atoms with Crippen molar-refractivity contribution in [1.82, 2.24) is 10.3 Å². The Hall–Kier alpha value is -1.43. The van der Waals surface area contributed by atoms with Crippen LogP contribution in [-0.4, -0.2) is 35.3 Å². The van der Waals surface area contributed by atoms with Crippen LogP contribution in [0, 0.1) is 13.8 Å². The molecule has 0 aliphatic heterocycles. The summed E-state index contributed by atoms with van der Waals surface area (Å²) in [7, 11) is 1.30. The zero-order valence-corrected chi connectivity index (χ0v) is 12.1. The fourth-order valence-corrected chi connectivity index (χ4v) is 1.76. The number of carbonyl (C=O) groups excluding carboxylic acids is 2. The summed E-state index contributed by atoms with van der Waals surface area (Å²) in [5, 5.41) is 2.65. The van der Waals surface area contributed by atoms with E-state index in [1.165, 1.54) is 7.11 Å². The molecule has 1 aromatic rings. The van der Waals surface area contributed by atoms with Crippen molar-refractivity contribution < 1.29 is 14.3 Å². The number of nitrogens with zero attached hydrogens (tertiary/aromatic N) is 1. The number of amides is 1. The van der Waals surface area contributed by atoms with Crippen LogP contribution in [0.4, 0.5) is 0 Å². The van der Waals surface area contributed by atoms with Crippen molar-refractivity contribution in [2.75, 3.05) is 13.7 Å². The number of esters is 1. The second-order valence-electron chi connectivity index (χ2n) is 3.79. The number of aryl methyl sites for hydroxylation is 2. The maximum atomic E-state index is 11.9. The lowest BCUT2D eigenvalue weighted by atomic mass is 10.1. The minimum Gasteiger partial charge on any atom is -0.468 e. The van der Waals surface area contributed by atoms with E-state index in [4.69, 9.17) is 0 Å². The molecule has 18 heavy (non-hydrogen) atoms. The van der Waals surface area contributed by atoms with E-state index in [1.54, 1.807) is 19.1 Å². The first-order valence-corrected chi connectivity index (χ1v) is 6.31. The number of pyridine rings is 1. The van der Waals surface area contributed by atoms with E-state index in [1.807, 2.05) is 6.92 Å². The molecule has 0 fully saturated rings. The van der Waals surface area contributed by atoms with Crippen molar-refractivity contribution in [3.05, 3.63) is 29.1 Å². The van der Waals surface area contributed by atoms with E-state index >= 15 is 0 Å². The molecule has 98 valence electrons. The standard InChI is InChI=1S/C12H15BrN2O3/c1-7-4-5-9(8(2)15-7)11(16)14-6-10(13)12(17)18-3/h4-5,10H,6H2,1-3H3,(H,14,16). The lowest BCUT2D eigenvalue weighted by Gasteiger charge is -2.10. The molecule has 0 bridgehead atoms. The summed E-state index contributed by atoms with van der Waals surface area (Å²) in [6.45, 7) is 3.80. The van der Waals surface area contributed by atoms with Gasteiger partial charge in [0.15, 0.2) is 0 Å². The molecule has 1 amide bonds. The number of nitrogens with one attached hydrogen (secondary N) is 1. The number of halogens is 1. The number of methoxy groups -OCH3 is 1. The molecule has 0 spiro atoms. The Bertz CT molecular complexity index is 463. The second-order valence-corrected chi connectivity index (χ2v) is 4.89. The van der Waals surface area contributed by atoms with E-state index in [0.717, 1.165) is 5.69 Å². The van der Waals surface area contributed by atoms with Crippen LogP contribution >= 0.6 is 15.9 Å². The van der Waals surface area contributed by atoms with Crippen LogP contribution in [0.15, 0.2) is 12.1 Å². The zero-order chi connectivity index (χ0) is 13.7. The summed E-state index contributed by atoms with van der Waals surface area (Å²) in [4.78, 5) is 26.7. The smallest absolute Gasteiger partial charge is 0.321 e. The van der Waals surface area contributed by atoms with Crippen LogP contribution in [0.5, 0.6) is 0 Å². The molecule has 1 N–H and O–H groups in total. The van der Waals surface area contributed by atoms with Gasteiger partial charge in [0.1, 0.15) is 4.83 Å². The Labute approximate surface area is 114 Å². The van der Waals surface area contributed by atoms with Gasteiger partial charge in [0.05, 0.1) is 18.4 Å². The molecule has 1 rings (SSSR count). The summed E-state index contributed by atoms with van der Waals surface area (Å²) in [5.41, 5.74) is 2.03. The fourth-order valence-electron chi connectivity index (χ4n) is 1.42. The first-order chi connectivity index (χ1) is 8.45. The molecule has 0 aliphatic rings. The van der Waals surface area contributed by atoms with Gasteiger partial charge in [-0.05, 0) is 26.0 Å². The predicted octanol–water partition coefficient (Wildman–Crippen LogP) is 1.36. The summed E-state index contributed by atoms with van der Waals surface area (Å²) < 4.78 is 4.54. The maximum Gasteiger partial charge on any atom is 0.321 e. The minimum absolute atomic E-state index is 0.165. The molecule has 1 aromatic heterocycles. The summed E-state index contributed by atoms with van der Waals surface area (Å²) in [6.07, 6.45) is 0. The molecule has 0 aliphatic carbocycles. The molecule has 0 radical (unpaired) electrons. The van der Waals surface area contributed by atoms with Crippen LogP contribution < -0.4 is 5.32 Å². The van der Waals surface area contributed by atoms with Crippen molar-refractivity contribution in [3.8, 4) is 0 Å². The Morgan fingerprint density at radius 1 is 1.44 bits per heavy atom. The number of ether oxygens (including phenoxy) is 1. The number of rotatable bonds is 4. The number of hydrogen-bond acceptors (Lipinski definition) is 4. The van der Waals surface area contributed by atoms with Crippen molar-refractivity contribution in [2.45, 2.75) is 18.7 Å². The van der Waals surface area contributed by atoms with Gasteiger partial charge in [0, 0.05) is 12.2 Å². The Morgan fingerprint density at radius 3 is 2.67 bits per heavy atom. The van der Waals surface area contributed by atoms with Crippen LogP contribution in [0.3, 0.4) is 0 Å². The third-order valence-electron chi connectivity index (χ3n) is 2.37. The Morgan fingerprint density at radius 2 is 2.11 bits per heavy atom. The lowest BCUT2D eigenvalue weighted by molar-refractivity contribution is -0.139. The molecule has 0 aromatic carbocycles. The highest BCUT2D eigenvalue weighted by molar-refractivity contribution is 9.10. The van der Waals surface area contributed by atoms with Crippen LogP contribution in [0.25, 0.3) is 0 Å². The Kier molecular flexibility index (Phi) is 5.27. The highest BCUT2D eigenvalue weighted by atomic mass is 79.9. The maximum absolute atomic E-state index is 11.9. The molecule has 1 unspecified atom stereocenters. The van der Waals surface area contributed by atoms with Crippen molar-refractivity contribution in [2.24, 2.45) is 0 Å². The second kappa shape index (κ2) is 6.49. The van der Waals surface area contributed by atoms with Crippen LogP contribution in [0.1, 0.15) is 21.7 Å². The largest absolute Gasteiger partial charge is 0.468 e.